The van der Waals surface area contributed by atoms with Gasteiger partial charge in [0.1, 0.15) is 17.3 Å². The minimum Gasteiger partial charge on any atom is -0.493 e. The van der Waals surface area contributed by atoms with Crippen molar-refractivity contribution >= 4 is 29.3 Å². The molecule has 27 heavy (non-hydrogen) atoms. The van der Waals surface area contributed by atoms with Gasteiger partial charge >= 0.3 is 0 Å². The van der Waals surface area contributed by atoms with E-state index in [9.17, 15) is 4.79 Å². The predicted molar refractivity (Wildman–Crippen MR) is 103 cm³/mol. The third-order valence-corrected chi connectivity index (χ3v) is 4.83. The van der Waals surface area contributed by atoms with Crippen molar-refractivity contribution < 1.29 is 13.9 Å². The summed E-state index contributed by atoms with van der Waals surface area (Å²) >= 11 is 7.47. The quantitative estimate of drug-likeness (QED) is 0.410. The summed E-state index contributed by atoms with van der Waals surface area (Å²) in [4.78, 5) is 11.1. The number of hydrogen-bond donors (Lipinski definition) is 1. The van der Waals surface area contributed by atoms with Crippen LogP contribution in [0.4, 0.5) is 0 Å². The van der Waals surface area contributed by atoms with Gasteiger partial charge in [-0.05, 0) is 30.3 Å². The van der Waals surface area contributed by atoms with Crippen LogP contribution in [0.25, 0.3) is 0 Å². The Morgan fingerprint density at radius 3 is 2.93 bits per heavy atom. The summed E-state index contributed by atoms with van der Waals surface area (Å²) in [6.07, 6.45) is 2.27. The van der Waals surface area contributed by atoms with E-state index < -0.39 is 0 Å². The number of nitrogens with zero attached hydrogens (tertiary/aromatic N) is 3. The maximum absolute atomic E-state index is 11.1. The largest absolute Gasteiger partial charge is 0.493 e. The van der Waals surface area contributed by atoms with E-state index in [-0.39, 0.29) is 12.3 Å². The van der Waals surface area contributed by atoms with E-state index in [4.69, 9.17) is 26.5 Å². The zero-order valence-electron chi connectivity index (χ0n) is 14.5. The smallest absolute Gasteiger partial charge is 0.217 e. The monoisotopic (exact) mass is 406 g/mol. The first-order chi connectivity index (χ1) is 13.1. The van der Waals surface area contributed by atoms with Crippen molar-refractivity contribution in [3.8, 4) is 5.75 Å². The number of thioether (sulfide) groups is 1. The second-order valence-electron chi connectivity index (χ2n) is 5.68. The molecule has 0 saturated heterocycles. The molecular formula is C18H19ClN4O3S. The van der Waals surface area contributed by atoms with Gasteiger partial charge in [-0.2, -0.15) is 0 Å². The molecule has 3 rings (SSSR count). The maximum Gasteiger partial charge on any atom is 0.217 e. The molecular weight excluding hydrogens is 388 g/mol. The molecule has 2 heterocycles. The molecule has 2 N–H and O–H groups in total. The Morgan fingerprint density at radius 2 is 2.19 bits per heavy atom. The molecule has 2 aromatic heterocycles. The van der Waals surface area contributed by atoms with Crippen molar-refractivity contribution in [1.29, 1.82) is 0 Å². The molecule has 9 heteroatoms. The van der Waals surface area contributed by atoms with Crippen molar-refractivity contribution in [3.05, 3.63) is 59.3 Å². The van der Waals surface area contributed by atoms with E-state index in [1.54, 1.807) is 18.4 Å². The van der Waals surface area contributed by atoms with Crippen LogP contribution in [0.1, 0.15) is 18.0 Å². The molecule has 0 unspecified atom stereocenters. The summed E-state index contributed by atoms with van der Waals surface area (Å²) in [6, 6.07) is 11.0. The van der Waals surface area contributed by atoms with Crippen LogP contribution in [-0.4, -0.2) is 33.0 Å². The fourth-order valence-corrected chi connectivity index (χ4v) is 3.37. The zero-order valence-corrected chi connectivity index (χ0v) is 16.1. The van der Waals surface area contributed by atoms with Crippen LogP contribution in [-0.2, 0) is 17.8 Å². The number of nitrogens with two attached hydrogens (primary N) is 1. The lowest BCUT2D eigenvalue weighted by atomic mass is 10.3. The Labute approximate surface area is 165 Å². The fourth-order valence-electron chi connectivity index (χ4n) is 2.41. The molecule has 0 aliphatic carbocycles. The second-order valence-corrected chi connectivity index (χ2v) is 7.18. The Balaban J connectivity index is 1.62. The van der Waals surface area contributed by atoms with Crippen molar-refractivity contribution in [2.24, 2.45) is 5.73 Å². The summed E-state index contributed by atoms with van der Waals surface area (Å²) in [5, 5.41) is 9.81. The topological polar surface area (TPSA) is 96.2 Å². The number of rotatable bonds is 10. The predicted octanol–water partition coefficient (Wildman–Crippen LogP) is 3.16. The van der Waals surface area contributed by atoms with E-state index in [1.807, 2.05) is 28.8 Å². The lowest BCUT2D eigenvalue weighted by Gasteiger charge is -2.09. The van der Waals surface area contributed by atoms with Crippen LogP contribution in [0.5, 0.6) is 5.75 Å². The van der Waals surface area contributed by atoms with Crippen LogP contribution < -0.4 is 10.5 Å². The highest BCUT2D eigenvalue weighted by molar-refractivity contribution is 7.99. The minimum absolute atomic E-state index is 0.221. The molecule has 0 atom stereocenters. The third-order valence-electron chi connectivity index (χ3n) is 3.66. The molecule has 0 bridgehead atoms. The molecule has 1 aromatic carbocycles. The summed E-state index contributed by atoms with van der Waals surface area (Å²) in [7, 11) is 0. The zero-order chi connectivity index (χ0) is 19.1. The standard InChI is InChI=1S/C18H19ClN4O3S/c19-13-3-1-4-14(11-13)26-9-10-27-18-22-21-17(7-6-16(20)24)23(18)12-15-5-2-8-25-15/h1-5,8,11H,6-7,9-10,12H2,(H2,20,24). The van der Waals surface area contributed by atoms with Crippen LogP contribution in [0, 0.1) is 0 Å². The number of amides is 1. The van der Waals surface area contributed by atoms with E-state index in [0.717, 1.165) is 16.7 Å². The number of furan rings is 1. The highest BCUT2D eigenvalue weighted by Gasteiger charge is 2.15. The fraction of sp³-hybridized carbons (Fsp3) is 0.278. The number of carbonyl (C=O) groups excluding carboxylic acids is 1. The summed E-state index contributed by atoms with van der Waals surface area (Å²) in [5.41, 5.74) is 5.25. The van der Waals surface area contributed by atoms with Gasteiger partial charge in [-0.25, -0.2) is 0 Å². The van der Waals surface area contributed by atoms with Gasteiger partial charge in [-0.15, -0.1) is 10.2 Å². The summed E-state index contributed by atoms with van der Waals surface area (Å²) in [5.74, 6) is 2.52. The Bertz CT molecular complexity index is 883. The van der Waals surface area contributed by atoms with Gasteiger partial charge < -0.3 is 14.9 Å². The number of aromatic nitrogens is 3. The molecule has 1 amide bonds. The van der Waals surface area contributed by atoms with Crippen LogP contribution in [0.2, 0.25) is 5.02 Å². The average Bonchev–Trinajstić information content (AvgIpc) is 3.28. The van der Waals surface area contributed by atoms with Crippen LogP contribution in [0.3, 0.4) is 0 Å². The molecule has 0 spiro atoms. The lowest BCUT2D eigenvalue weighted by Crippen LogP contribution is -2.14. The Kier molecular flexibility index (Phi) is 6.78. The van der Waals surface area contributed by atoms with Gasteiger partial charge in [0.15, 0.2) is 5.16 Å². The molecule has 0 radical (unpaired) electrons. The van der Waals surface area contributed by atoms with Gasteiger partial charge in [0.05, 0.1) is 19.4 Å². The summed E-state index contributed by atoms with van der Waals surface area (Å²) in [6.45, 7) is 0.987. The highest BCUT2D eigenvalue weighted by Crippen LogP contribution is 2.21. The number of hydrogen-bond acceptors (Lipinski definition) is 6. The molecule has 7 nitrogen and oxygen atoms in total. The van der Waals surface area contributed by atoms with Gasteiger partial charge in [0.2, 0.25) is 5.91 Å². The van der Waals surface area contributed by atoms with E-state index in [1.165, 1.54) is 11.8 Å². The Morgan fingerprint density at radius 1 is 1.30 bits per heavy atom. The van der Waals surface area contributed by atoms with Crippen molar-refractivity contribution in [1.82, 2.24) is 14.8 Å². The molecule has 3 aromatic rings. The molecule has 0 aliphatic rings. The van der Waals surface area contributed by atoms with Crippen molar-refractivity contribution in [3.63, 3.8) is 0 Å². The van der Waals surface area contributed by atoms with Crippen molar-refractivity contribution in [2.75, 3.05) is 12.4 Å². The van der Waals surface area contributed by atoms with E-state index in [2.05, 4.69) is 10.2 Å². The van der Waals surface area contributed by atoms with Gasteiger partial charge in [-0.1, -0.05) is 29.4 Å². The average molecular weight is 407 g/mol. The SMILES string of the molecule is NC(=O)CCc1nnc(SCCOc2cccc(Cl)c2)n1Cc1ccco1. The van der Waals surface area contributed by atoms with Crippen LogP contribution >= 0.6 is 23.4 Å². The maximum atomic E-state index is 11.1. The normalized spacial score (nSPS) is 10.9. The van der Waals surface area contributed by atoms with Crippen molar-refractivity contribution in [2.45, 2.75) is 24.5 Å². The molecule has 0 aliphatic heterocycles. The lowest BCUT2D eigenvalue weighted by molar-refractivity contribution is -0.118. The number of benzene rings is 1. The highest BCUT2D eigenvalue weighted by atomic mass is 35.5. The van der Waals surface area contributed by atoms with E-state index >= 15 is 0 Å². The number of aryl methyl sites for hydroxylation is 1. The van der Waals surface area contributed by atoms with Crippen LogP contribution in [0.15, 0.2) is 52.2 Å². The van der Waals surface area contributed by atoms with E-state index in [0.29, 0.717) is 36.2 Å². The number of primary amides is 1. The number of halogens is 1. The first kappa shape index (κ1) is 19.3. The van der Waals surface area contributed by atoms with Gasteiger partial charge in [0, 0.05) is 23.6 Å². The van der Waals surface area contributed by atoms with Gasteiger partial charge in [0.25, 0.3) is 0 Å². The first-order valence-corrected chi connectivity index (χ1v) is 9.72. The molecule has 142 valence electrons. The number of ether oxygens (including phenoxy) is 1. The summed E-state index contributed by atoms with van der Waals surface area (Å²) < 4.78 is 13.1. The third kappa shape index (κ3) is 5.77. The molecule has 0 saturated carbocycles. The number of carbonyl (C=O) groups is 1. The molecule has 0 fully saturated rings. The Hall–Kier alpha value is -2.45. The second kappa shape index (κ2) is 9.48. The minimum atomic E-state index is -0.369. The first-order valence-electron chi connectivity index (χ1n) is 8.36. The van der Waals surface area contributed by atoms with Gasteiger partial charge in [-0.3, -0.25) is 9.36 Å².